The van der Waals surface area contributed by atoms with E-state index in [1.165, 1.54) is 18.4 Å². The summed E-state index contributed by atoms with van der Waals surface area (Å²) in [7, 11) is 0. The summed E-state index contributed by atoms with van der Waals surface area (Å²) in [5.41, 5.74) is 7.96. The van der Waals surface area contributed by atoms with Crippen LogP contribution >= 0.6 is 0 Å². The number of fused-ring (bicyclic) bond motifs is 1. The van der Waals surface area contributed by atoms with Gasteiger partial charge in [-0.15, -0.1) is 0 Å². The van der Waals surface area contributed by atoms with E-state index in [1.54, 1.807) is 12.1 Å². The van der Waals surface area contributed by atoms with Crippen molar-refractivity contribution in [1.29, 1.82) is 0 Å². The van der Waals surface area contributed by atoms with E-state index in [9.17, 15) is 9.18 Å². The van der Waals surface area contributed by atoms with Crippen LogP contribution in [0, 0.1) is 5.82 Å². The predicted octanol–water partition coefficient (Wildman–Crippen LogP) is 4.85. The molecule has 0 saturated heterocycles. The zero-order valence-corrected chi connectivity index (χ0v) is 15.6. The van der Waals surface area contributed by atoms with Gasteiger partial charge in [0.25, 0.3) is 5.91 Å². The molecule has 146 valence electrons. The van der Waals surface area contributed by atoms with Gasteiger partial charge in [0.15, 0.2) is 5.69 Å². The van der Waals surface area contributed by atoms with Crippen LogP contribution in [0.5, 0.6) is 0 Å². The molecule has 3 aromatic carbocycles. The van der Waals surface area contributed by atoms with Gasteiger partial charge in [-0.25, -0.2) is 9.37 Å². The molecule has 5 nitrogen and oxygen atoms in total. The van der Waals surface area contributed by atoms with Gasteiger partial charge in [0.05, 0.1) is 6.04 Å². The smallest absolute Gasteiger partial charge is 0.277 e. The van der Waals surface area contributed by atoms with Crippen molar-refractivity contribution >= 4 is 22.4 Å². The molecule has 29 heavy (non-hydrogen) atoms. The van der Waals surface area contributed by atoms with Gasteiger partial charge in [0, 0.05) is 5.69 Å². The Kier molecular flexibility index (Phi) is 5.35. The number of anilines is 1. The van der Waals surface area contributed by atoms with Gasteiger partial charge < -0.3 is 15.5 Å². The SMILES string of the molecule is N[C@H](CCc1ccc(F)cc1)c1nc(C(=O)Nc2ccc3ccccc3c2)co1. The van der Waals surface area contributed by atoms with E-state index in [0.29, 0.717) is 24.4 Å². The fourth-order valence-electron chi connectivity index (χ4n) is 3.12. The molecule has 0 bridgehead atoms. The lowest BCUT2D eigenvalue weighted by atomic mass is 10.1. The molecule has 0 aliphatic carbocycles. The summed E-state index contributed by atoms with van der Waals surface area (Å²) < 4.78 is 18.4. The molecule has 4 aromatic rings. The molecule has 0 aliphatic rings. The lowest BCUT2D eigenvalue weighted by Gasteiger charge is -2.07. The van der Waals surface area contributed by atoms with Gasteiger partial charge in [-0.1, -0.05) is 42.5 Å². The fraction of sp³-hybridized carbons (Fsp3) is 0.130. The molecular weight excluding hydrogens is 369 g/mol. The second kappa shape index (κ2) is 8.24. The number of carbonyl (C=O) groups is 1. The molecule has 6 heteroatoms. The summed E-state index contributed by atoms with van der Waals surface area (Å²) in [6.45, 7) is 0. The largest absolute Gasteiger partial charge is 0.446 e. The minimum absolute atomic E-state index is 0.172. The van der Waals surface area contributed by atoms with Gasteiger partial charge >= 0.3 is 0 Å². The van der Waals surface area contributed by atoms with Gasteiger partial charge in [-0.3, -0.25) is 4.79 Å². The number of aryl methyl sites for hydroxylation is 1. The van der Waals surface area contributed by atoms with E-state index >= 15 is 0 Å². The number of carbonyl (C=O) groups excluding carboxylic acids is 1. The monoisotopic (exact) mass is 389 g/mol. The Bertz CT molecular complexity index is 1140. The molecule has 3 N–H and O–H groups in total. The number of rotatable bonds is 6. The van der Waals surface area contributed by atoms with E-state index in [0.717, 1.165) is 16.3 Å². The van der Waals surface area contributed by atoms with Crippen LogP contribution in [0.25, 0.3) is 10.8 Å². The number of hydrogen-bond donors (Lipinski definition) is 2. The van der Waals surface area contributed by atoms with E-state index in [1.807, 2.05) is 42.5 Å². The first-order chi connectivity index (χ1) is 14.1. The third kappa shape index (κ3) is 4.50. The highest BCUT2D eigenvalue weighted by atomic mass is 19.1. The number of amides is 1. The average molecular weight is 389 g/mol. The zero-order valence-electron chi connectivity index (χ0n) is 15.6. The van der Waals surface area contributed by atoms with E-state index in [-0.39, 0.29) is 17.4 Å². The third-order valence-corrected chi connectivity index (χ3v) is 4.74. The summed E-state index contributed by atoms with van der Waals surface area (Å²) >= 11 is 0. The summed E-state index contributed by atoms with van der Waals surface area (Å²) in [5.74, 6) is -0.329. The lowest BCUT2D eigenvalue weighted by molar-refractivity contribution is 0.102. The summed E-state index contributed by atoms with van der Waals surface area (Å²) in [6.07, 6.45) is 2.53. The fourth-order valence-corrected chi connectivity index (χ4v) is 3.12. The first-order valence-corrected chi connectivity index (χ1v) is 9.34. The first-order valence-electron chi connectivity index (χ1n) is 9.34. The highest BCUT2D eigenvalue weighted by Gasteiger charge is 2.17. The second-order valence-corrected chi connectivity index (χ2v) is 6.86. The first kappa shape index (κ1) is 18.8. The quantitative estimate of drug-likeness (QED) is 0.494. The van der Waals surface area contributed by atoms with Crippen LogP contribution in [0.2, 0.25) is 0 Å². The van der Waals surface area contributed by atoms with Crippen LogP contribution < -0.4 is 11.1 Å². The number of hydrogen-bond acceptors (Lipinski definition) is 4. The molecule has 0 fully saturated rings. The van der Waals surface area contributed by atoms with Crippen molar-refractivity contribution in [2.45, 2.75) is 18.9 Å². The molecule has 0 aliphatic heterocycles. The molecule has 0 spiro atoms. The molecule has 1 heterocycles. The van der Waals surface area contributed by atoms with Crippen LogP contribution in [-0.2, 0) is 6.42 Å². The summed E-state index contributed by atoms with van der Waals surface area (Å²) in [5, 5.41) is 4.96. The van der Waals surface area contributed by atoms with Crippen LogP contribution in [0.1, 0.15) is 34.4 Å². The van der Waals surface area contributed by atoms with Crippen molar-refractivity contribution in [2.75, 3.05) is 5.32 Å². The third-order valence-electron chi connectivity index (χ3n) is 4.74. The molecule has 1 atom stereocenters. The maximum absolute atomic E-state index is 13.0. The van der Waals surface area contributed by atoms with Gasteiger partial charge in [0.2, 0.25) is 5.89 Å². The van der Waals surface area contributed by atoms with Gasteiger partial charge in [0.1, 0.15) is 12.1 Å². The van der Waals surface area contributed by atoms with Crippen molar-refractivity contribution in [3.63, 3.8) is 0 Å². The van der Waals surface area contributed by atoms with Crippen LogP contribution in [-0.4, -0.2) is 10.9 Å². The van der Waals surface area contributed by atoms with Crippen molar-refractivity contribution in [2.24, 2.45) is 5.73 Å². The molecule has 0 saturated carbocycles. The Morgan fingerprint density at radius 1 is 1.07 bits per heavy atom. The number of aromatic nitrogens is 1. The standard InChI is InChI=1S/C23H20FN3O2/c24-18-9-5-15(6-10-18)7-12-20(25)23-27-21(14-29-23)22(28)26-19-11-8-16-3-1-2-4-17(16)13-19/h1-6,8-11,13-14,20H,7,12,25H2,(H,26,28)/t20-/m1/s1. The lowest BCUT2D eigenvalue weighted by Crippen LogP contribution is -2.15. The molecular formula is C23H20FN3O2. The number of benzene rings is 3. The van der Waals surface area contributed by atoms with Crippen LogP contribution in [0.4, 0.5) is 10.1 Å². The minimum atomic E-state index is -0.456. The van der Waals surface area contributed by atoms with E-state index < -0.39 is 6.04 Å². The molecule has 0 unspecified atom stereocenters. The van der Waals surface area contributed by atoms with E-state index in [4.69, 9.17) is 10.2 Å². The summed E-state index contributed by atoms with van der Waals surface area (Å²) in [6, 6.07) is 19.4. The Balaban J connectivity index is 1.39. The normalized spacial score (nSPS) is 12.1. The zero-order chi connectivity index (χ0) is 20.2. The van der Waals surface area contributed by atoms with Crippen molar-refractivity contribution < 1.29 is 13.6 Å². The number of oxazole rings is 1. The Morgan fingerprint density at radius 2 is 1.83 bits per heavy atom. The number of nitrogens with one attached hydrogen (secondary N) is 1. The number of nitrogens with two attached hydrogens (primary N) is 1. The maximum atomic E-state index is 13.0. The highest BCUT2D eigenvalue weighted by molar-refractivity contribution is 6.03. The molecule has 1 aromatic heterocycles. The van der Waals surface area contributed by atoms with Crippen molar-refractivity contribution in [3.8, 4) is 0 Å². The topological polar surface area (TPSA) is 81.1 Å². The summed E-state index contributed by atoms with van der Waals surface area (Å²) in [4.78, 5) is 16.7. The van der Waals surface area contributed by atoms with Crippen molar-refractivity contribution in [1.82, 2.24) is 4.98 Å². The number of halogens is 1. The molecule has 1 amide bonds. The second-order valence-electron chi connectivity index (χ2n) is 6.86. The molecule has 4 rings (SSSR count). The van der Waals surface area contributed by atoms with Crippen LogP contribution in [0.3, 0.4) is 0 Å². The minimum Gasteiger partial charge on any atom is -0.446 e. The predicted molar refractivity (Wildman–Crippen MR) is 110 cm³/mol. The maximum Gasteiger partial charge on any atom is 0.277 e. The average Bonchev–Trinajstić information content (AvgIpc) is 3.24. The van der Waals surface area contributed by atoms with Crippen molar-refractivity contribution in [3.05, 3.63) is 96.0 Å². The Labute approximate surface area is 167 Å². The van der Waals surface area contributed by atoms with Gasteiger partial charge in [-0.2, -0.15) is 0 Å². The van der Waals surface area contributed by atoms with Crippen LogP contribution in [0.15, 0.2) is 77.4 Å². The van der Waals surface area contributed by atoms with Gasteiger partial charge in [-0.05, 0) is 53.4 Å². The Hall–Kier alpha value is -3.51. The number of nitrogens with zero attached hydrogens (tertiary/aromatic N) is 1. The highest BCUT2D eigenvalue weighted by Crippen LogP contribution is 2.20. The van der Waals surface area contributed by atoms with E-state index in [2.05, 4.69) is 10.3 Å². The molecule has 0 radical (unpaired) electrons. The Morgan fingerprint density at radius 3 is 2.62 bits per heavy atom.